The fourth-order valence-electron chi connectivity index (χ4n) is 3.81. The molecule has 2 heterocycles. The highest BCUT2D eigenvalue weighted by Crippen LogP contribution is 2.28. The average molecular weight is 388 g/mol. The molecule has 0 saturated carbocycles. The molecule has 3 aromatic rings. The molecule has 1 atom stereocenters. The third kappa shape index (κ3) is 3.92. The molecule has 6 heteroatoms. The minimum Gasteiger partial charge on any atom is -0.354 e. The Balaban J connectivity index is 1.59. The van der Waals surface area contributed by atoms with Crippen LogP contribution in [0.2, 0.25) is 0 Å². The molecule has 148 valence electrons. The first-order valence-corrected chi connectivity index (χ1v) is 9.80. The smallest absolute Gasteiger partial charge is 0.251 e. The summed E-state index contributed by atoms with van der Waals surface area (Å²) in [6.45, 7) is 5.33. The number of rotatable bonds is 5. The summed E-state index contributed by atoms with van der Waals surface area (Å²) in [5.74, 6) is -0.357. The van der Waals surface area contributed by atoms with Crippen molar-refractivity contribution in [1.29, 1.82) is 0 Å². The van der Waals surface area contributed by atoms with Crippen LogP contribution in [0.1, 0.15) is 33.7 Å². The fourth-order valence-corrected chi connectivity index (χ4v) is 3.81. The molecule has 0 aliphatic carbocycles. The Morgan fingerprint density at radius 3 is 2.69 bits per heavy atom. The van der Waals surface area contributed by atoms with Gasteiger partial charge in [0.05, 0.1) is 12.2 Å². The summed E-state index contributed by atoms with van der Waals surface area (Å²) in [5.41, 5.74) is 5.69. The molecule has 1 aliphatic heterocycles. The van der Waals surface area contributed by atoms with E-state index in [0.717, 1.165) is 22.5 Å². The molecule has 2 aromatic carbocycles. The molecule has 6 nitrogen and oxygen atoms in total. The van der Waals surface area contributed by atoms with Crippen molar-refractivity contribution in [2.24, 2.45) is 0 Å². The molecular formula is C23H24N4O2. The maximum Gasteiger partial charge on any atom is 0.251 e. The van der Waals surface area contributed by atoms with Crippen LogP contribution in [-0.4, -0.2) is 34.2 Å². The highest BCUT2D eigenvalue weighted by atomic mass is 16.2. The second kappa shape index (κ2) is 7.91. The number of aromatic nitrogens is 2. The lowest BCUT2D eigenvalue weighted by Gasteiger charge is -2.11. The van der Waals surface area contributed by atoms with E-state index in [1.807, 2.05) is 54.9 Å². The van der Waals surface area contributed by atoms with Crippen molar-refractivity contribution in [1.82, 2.24) is 20.4 Å². The number of hydrogen-bond donors (Lipinski definition) is 2. The molecular weight excluding hydrogens is 364 g/mol. The summed E-state index contributed by atoms with van der Waals surface area (Å²) in [7, 11) is 0. The average Bonchev–Trinajstić information content (AvgIpc) is 3.25. The van der Waals surface area contributed by atoms with Crippen LogP contribution in [0.25, 0.3) is 11.1 Å². The van der Waals surface area contributed by atoms with E-state index in [-0.39, 0.29) is 11.8 Å². The minimum atomic E-state index is -0.455. The zero-order valence-corrected chi connectivity index (χ0v) is 16.6. The number of nitrogens with zero attached hydrogens (tertiary/aromatic N) is 2. The molecule has 1 unspecified atom stereocenters. The van der Waals surface area contributed by atoms with Gasteiger partial charge in [0, 0.05) is 23.4 Å². The molecule has 29 heavy (non-hydrogen) atoms. The number of nitrogens with one attached hydrogen (secondary N) is 2. The Morgan fingerprint density at radius 1 is 1.17 bits per heavy atom. The van der Waals surface area contributed by atoms with Crippen molar-refractivity contribution < 1.29 is 9.59 Å². The maximum atomic E-state index is 12.6. The molecule has 1 aliphatic rings. The monoisotopic (exact) mass is 388 g/mol. The third-order valence-electron chi connectivity index (χ3n) is 5.32. The van der Waals surface area contributed by atoms with Crippen molar-refractivity contribution >= 4 is 11.8 Å². The Bertz CT molecular complexity index is 1060. The van der Waals surface area contributed by atoms with Crippen molar-refractivity contribution in [2.75, 3.05) is 6.54 Å². The first kappa shape index (κ1) is 18.9. The second-order valence-electron chi connectivity index (χ2n) is 7.38. The van der Waals surface area contributed by atoms with Crippen molar-refractivity contribution in [3.63, 3.8) is 0 Å². The second-order valence-corrected chi connectivity index (χ2v) is 7.38. The van der Waals surface area contributed by atoms with Crippen LogP contribution >= 0.6 is 0 Å². The summed E-state index contributed by atoms with van der Waals surface area (Å²) >= 11 is 0. The van der Waals surface area contributed by atoms with Crippen LogP contribution in [0.5, 0.6) is 0 Å². The van der Waals surface area contributed by atoms with E-state index in [2.05, 4.69) is 22.8 Å². The van der Waals surface area contributed by atoms with Crippen molar-refractivity contribution in [3.8, 4) is 11.1 Å². The van der Waals surface area contributed by atoms with Crippen LogP contribution in [0.3, 0.4) is 0 Å². The predicted molar refractivity (Wildman–Crippen MR) is 112 cm³/mol. The van der Waals surface area contributed by atoms with E-state index in [9.17, 15) is 9.59 Å². The quantitative estimate of drug-likeness (QED) is 0.706. The van der Waals surface area contributed by atoms with Gasteiger partial charge in [-0.15, -0.1) is 0 Å². The molecule has 1 saturated heterocycles. The van der Waals surface area contributed by atoms with E-state index >= 15 is 0 Å². The zero-order chi connectivity index (χ0) is 20.4. The lowest BCUT2D eigenvalue weighted by molar-refractivity contribution is -0.120. The van der Waals surface area contributed by atoms with Gasteiger partial charge in [0.2, 0.25) is 5.91 Å². The topological polar surface area (TPSA) is 76.0 Å². The Labute approximate surface area is 169 Å². The molecule has 4 rings (SSSR count). The van der Waals surface area contributed by atoms with Gasteiger partial charge in [0.1, 0.15) is 6.04 Å². The minimum absolute atomic E-state index is 0.122. The van der Waals surface area contributed by atoms with Crippen LogP contribution in [0, 0.1) is 13.8 Å². The van der Waals surface area contributed by atoms with Gasteiger partial charge in [-0.1, -0.05) is 42.5 Å². The van der Waals surface area contributed by atoms with Gasteiger partial charge in [-0.3, -0.25) is 14.3 Å². The largest absolute Gasteiger partial charge is 0.354 e. The van der Waals surface area contributed by atoms with E-state index < -0.39 is 6.04 Å². The van der Waals surface area contributed by atoms with Gasteiger partial charge in [-0.05, 0) is 43.5 Å². The number of benzene rings is 2. The predicted octanol–water partition coefficient (Wildman–Crippen LogP) is 2.83. The highest BCUT2D eigenvalue weighted by Gasteiger charge is 2.26. The van der Waals surface area contributed by atoms with E-state index in [0.29, 0.717) is 25.1 Å². The summed E-state index contributed by atoms with van der Waals surface area (Å²) in [4.78, 5) is 24.4. The van der Waals surface area contributed by atoms with E-state index in [4.69, 9.17) is 5.10 Å². The third-order valence-corrected chi connectivity index (χ3v) is 5.32. The number of hydrogen-bond acceptors (Lipinski definition) is 3. The van der Waals surface area contributed by atoms with Crippen LogP contribution in [0.15, 0.2) is 54.6 Å². The van der Waals surface area contributed by atoms with E-state index in [1.54, 1.807) is 6.07 Å². The fraction of sp³-hybridized carbons (Fsp3) is 0.261. The highest BCUT2D eigenvalue weighted by molar-refractivity contribution is 5.99. The Hall–Kier alpha value is -3.41. The van der Waals surface area contributed by atoms with Crippen LogP contribution < -0.4 is 10.6 Å². The lowest BCUT2D eigenvalue weighted by Crippen LogP contribution is -2.40. The summed E-state index contributed by atoms with van der Waals surface area (Å²) in [6, 6.07) is 17.3. The van der Waals surface area contributed by atoms with Crippen LogP contribution in [0.4, 0.5) is 0 Å². The normalized spacial score (nSPS) is 15.9. The zero-order valence-electron chi connectivity index (χ0n) is 16.6. The van der Waals surface area contributed by atoms with Crippen molar-refractivity contribution in [2.45, 2.75) is 32.9 Å². The van der Waals surface area contributed by atoms with Gasteiger partial charge in [-0.2, -0.15) is 5.10 Å². The van der Waals surface area contributed by atoms with Gasteiger partial charge >= 0.3 is 0 Å². The summed E-state index contributed by atoms with van der Waals surface area (Å²) in [6.07, 6.45) is 0.620. The Kier molecular flexibility index (Phi) is 5.16. The molecule has 0 radical (unpaired) electrons. The molecule has 1 aromatic heterocycles. The van der Waals surface area contributed by atoms with E-state index in [1.165, 1.54) is 5.56 Å². The lowest BCUT2D eigenvalue weighted by atomic mass is 10.0. The Morgan fingerprint density at radius 2 is 1.97 bits per heavy atom. The number of carbonyl (C=O) groups is 2. The molecule has 0 bridgehead atoms. The van der Waals surface area contributed by atoms with Gasteiger partial charge in [0.15, 0.2) is 0 Å². The SMILES string of the molecule is Cc1nn(Cc2ccccc2)c(C)c1-c1cccc(C(=O)NC2CCNC2=O)c1. The molecule has 2 N–H and O–H groups in total. The maximum absolute atomic E-state index is 12.6. The number of carbonyl (C=O) groups excluding carboxylic acids is 2. The number of amides is 2. The van der Waals surface area contributed by atoms with Gasteiger partial charge in [0.25, 0.3) is 5.91 Å². The standard InChI is InChI=1S/C23H24N4O2/c1-15-21(16(2)27(26-15)14-17-7-4-3-5-8-17)18-9-6-10-19(13-18)22(28)25-20-11-12-24-23(20)29/h3-10,13,20H,11-12,14H2,1-2H3,(H,24,29)(H,25,28). The molecule has 0 spiro atoms. The first-order chi connectivity index (χ1) is 14.0. The van der Waals surface area contributed by atoms with Gasteiger partial charge in [-0.25, -0.2) is 0 Å². The summed E-state index contributed by atoms with van der Waals surface area (Å²) < 4.78 is 2.00. The summed E-state index contributed by atoms with van der Waals surface area (Å²) in [5, 5.41) is 10.3. The molecule has 2 amide bonds. The molecule has 1 fully saturated rings. The number of aryl methyl sites for hydroxylation is 1. The van der Waals surface area contributed by atoms with Crippen molar-refractivity contribution in [3.05, 3.63) is 77.1 Å². The van der Waals surface area contributed by atoms with Gasteiger partial charge < -0.3 is 10.6 Å². The van der Waals surface area contributed by atoms with Crippen LogP contribution in [-0.2, 0) is 11.3 Å². The first-order valence-electron chi connectivity index (χ1n) is 9.80.